The van der Waals surface area contributed by atoms with Crippen LogP contribution in [0.4, 0.5) is 4.39 Å². The Morgan fingerprint density at radius 1 is 1.10 bits per heavy atom. The van der Waals surface area contributed by atoms with E-state index in [1.165, 1.54) is 24.4 Å². The molecule has 1 aromatic heterocycles. The normalized spacial score (nSPS) is 22.6. The van der Waals surface area contributed by atoms with Crippen LogP contribution in [-0.2, 0) is 15.1 Å². The topological polar surface area (TPSA) is 51.6 Å². The van der Waals surface area contributed by atoms with Crippen LogP contribution in [-0.4, -0.2) is 29.9 Å². The fraction of sp³-hybridized carbons (Fsp3) is 0.267. The number of halogens is 1. The summed E-state index contributed by atoms with van der Waals surface area (Å²) in [5.41, 5.74) is 0.673. The minimum absolute atomic E-state index is 0.0850. The molecule has 1 unspecified atom stereocenters. The Kier molecular flexibility index (Phi) is 3.38. The van der Waals surface area contributed by atoms with Crippen LogP contribution in [0.15, 0.2) is 42.6 Å². The average Bonchev–Trinajstić information content (AvgIpc) is 2.49. The van der Waals surface area contributed by atoms with Crippen LogP contribution in [0.3, 0.4) is 0 Å². The molecule has 20 heavy (non-hydrogen) atoms. The van der Waals surface area contributed by atoms with E-state index in [1.807, 2.05) is 0 Å². The highest BCUT2D eigenvalue weighted by Crippen LogP contribution is 2.36. The molecule has 0 aliphatic carbocycles. The maximum atomic E-state index is 13.1. The third-order valence-electron chi connectivity index (χ3n) is 3.40. The molecule has 5 heteroatoms. The van der Waals surface area contributed by atoms with E-state index >= 15 is 0 Å². The van der Waals surface area contributed by atoms with E-state index < -0.39 is 5.60 Å². The molecule has 104 valence electrons. The van der Waals surface area contributed by atoms with Gasteiger partial charge >= 0.3 is 0 Å². The van der Waals surface area contributed by atoms with Gasteiger partial charge in [0.1, 0.15) is 11.4 Å². The first-order chi connectivity index (χ1) is 9.71. The molecule has 2 aromatic rings. The highest BCUT2D eigenvalue weighted by molar-refractivity contribution is 5.38. The molecule has 0 saturated carbocycles. The second-order valence-corrected chi connectivity index (χ2v) is 4.64. The van der Waals surface area contributed by atoms with Crippen molar-refractivity contribution in [1.29, 1.82) is 0 Å². The first kappa shape index (κ1) is 13.0. The predicted octanol–water partition coefficient (Wildman–Crippen LogP) is 2.22. The van der Waals surface area contributed by atoms with Crippen molar-refractivity contribution < 1.29 is 19.0 Å². The minimum atomic E-state index is -0.841. The number of pyridine rings is 1. The van der Waals surface area contributed by atoms with E-state index in [0.717, 1.165) is 11.1 Å². The Morgan fingerprint density at radius 2 is 1.90 bits per heavy atom. The molecule has 1 aliphatic heterocycles. The first-order valence-corrected chi connectivity index (χ1v) is 6.34. The molecule has 1 aromatic carbocycles. The molecule has 3 rings (SSSR count). The van der Waals surface area contributed by atoms with E-state index in [2.05, 4.69) is 4.98 Å². The van der Waals surface area contributed by atoms with Gasteiger partial charge in [0.25, 0.3) is 0 Å². The van der Waals surface area contributed by atoms with Crippen molar-refractivity contribution in [2.75, 3.05) is 19.8 Å². The number of aromatic hydroxyl groups is 1. The second kappa shape index (κ2) is 5.19. The van der Waals surface area contributed by atoms with E-state index in [0.29, 0.717) is 19.8 Å². The monoisotopic (exact) mass is 275 g/mol. The number of hydrogen-bond donors (Lipinski definition) is 1. The molecule has 1 fully saturated rings. The summed E-state index contributed by atoms with van der Waals surface area (Å²) >= 11 is 0. The number of rotatable bonds is 2. The van der Waals surface area contributed by atoms with Gasteiger partial charge in [0.05, 0.1) is 19.8 Å². The molecule has 2 heterocycles. The summed E-state index contributed by atoms with van der Waals surface area (Å²) in [6.07, 6.45) is 1.51. The van der Waals surface area contributed by atoms with E-state index in [9.17, 15) is 9.50 Å². The Bertz CT molecular complexity index is 594. The zero-order chi connectivity index (χ0) is 14.0. The van der Waals surface area contributed by atoms with E-state index in [1.54, 1.807) is 18.2 Å². The lowest BCUT2D eigenvalue weighted by Crippen LogP contribution is -2.41. The molecule has 0 radical (unpaired) electrons. The van der Waals surface area contributed by atoms with Crippen molar-refractivity contribution in [3.05, 3.63) is 59.5 Å². The third kappa shape index (κ3) is 2.26. The van der Waals surface area contributed by atoms with Crippen LogP contribution >= 0.6 is 0 Å². The molecule has 0 bridgehead atoms. The zero-order valence-electron chi connectivity index (χ0n) is 10.8. The van der Waals surface area contributed by atoms with Gasteiger partial charge in [-0.2, -0.15) is 0 Å². The molecule has 4 nitrogen and oxygen atoms in total. The number of benzene rings is 1. The van der Waals surface area contributed by atoms with Crippen LogP contribution in [0.2, 0.25) is 0 Å². The minimum Gasteiger partial charge on any atom is -0.493 e. The van der Waals surface area contributed by atoms with Crippen molar-refractivity contribution in [3.63, 3.8) is 0 Å². The molecule has 1 atom stereocenters. The van der Waals surface area contributed by atoms with Crippen molar-refractivity contribution >= 4 is 0 Å². The van der Waals surface area contributed by atoms with Crippen molar-refractivity contribution in [2.24, 2.45) is 0 Å². The number of aromatic nitrogens is 1. The van der Waals surface area contributed by atoms with E-state index in [4.69, 9.17) is 9.47 Å². The average molecular weight is 275 g/mol. The van der Waals surface area contributed by atoms with Gasteiger partial charge in [0.2, 0.25) is 5.88 Å². The molecular formula is C15H14FNO3. The summed E-state index contributed by atoms with van der Waals surface area (Å²) in [6, 6.07) is 9.41. The maximum absolute atomic E-state index is 13.1. The maximum Gasteiger partial charge on any atom is 0.211 e. The van der Waals surface area contributed by atoms with Gasteiger partial charge in [-0.25, -0.2) is 9.37 Å². The van der Waals surface area contributed by atoms with Crippen molar-refractivity contribution in [2.45, 2.75) is 5.60 Å². The number of hydrogen-bond acceptors (Lipinski definition) is 4. The van der Waals surface area contributed by atoms with Crippen LogP contribution < -0.4 is 0 Å². The van der Waals surface area contributed by atoms with Gasteiger partial charge in [-0.05, 0) is 29.3 Å². The molecule has 0 amide bonds. The van der Waals surface area contributed by atoms with Crippen molar-refractivity contribution in [1.82, 2.24) is 4.98 Å². The molecule has 0 spiro atoms. The van der Waals surface area contributed by atoms with Crippen LogP contribution in [0.25, 0.3) is 0 Å². The van der Waals surface area contributed by atoms with Gasteiger partial charge in [0, 0.05) is 12.3 Å². The lowest BCUT2D eigenvalue weighted by molar-refractivity contribution is -0.140. The molecule has 1 saturated heterocycles. The standard InChI is InChI=1S/C15H14FNO3/c16-13-3-1-11(2-4-13)15(10-19-7-8-20-15)12-5-6-17-14(18)9-12/h1-6,9H,7-8,10H2,(H,17,18). The SMILES string of the molecule is Oc1cc(C2(c3ccc(F)cc3)COCCO2)ccn1. The molecule has 1 N–H and O–H groups in total. The first-order valence-electron chi connectivity index (χ1n) is 6.34. The summed E-state index contributed by atoms with van der Waals surface area (Å²) in [6.45, 7) is 1.25. The van der Waals surface area contributed by atoms with Crippen LogP contribution in [0, 0.1) is 5.82 Å². The van der Waals surface area contributed by atoms with Gasteiger partial charge < -0.3 is 14.6 Å². The highest BCUT2D eigenvalue weighted by atomic mass is 19.1. The Balaban J connectivity index is 2.11. The smallest absolute Gasteiger partial charge is 0.211 e. The van der Waals surface area contributed by atoms with E-state index in [-0.39, 0.29) is 11.7 Å². The van der Waals surface area contributed by atoms with Crippen LogP contribution in [0.5, 0.6) is 5.88 Å². The zero-order valence-corrected chi connectivity index (χ0v) is 10.8. The lowest BCUT2D eigenvalue weighted by atomic mass is 9.86. The van der Waals surface area contributed by atoms with Gasteiger partial charge in [-0.15, -0.1) is 0 Å². The van der Waals surface area contributed by atoms with Gasteiger partial charge in [-0.1, -0.05) is 12.1 Å². The predicted molar refractivity (Wildman–Crippen MR) is 69.9 cm³/mol. The van der Waals surface area contributed by atoms with Gasteiger partial charge in [0.15, 0.2) is 0 Å². The number of nitrogens with zero attached hydrogens (tertiary/aromatic N) is 1. The summed E-state index contributed by atoms with van der Waals surface area (Å²) in [4.78, 5) is 3.77. The lowest BCUT2D eigenvalue weighted by Gasteiger charge is -2.38. The Labute approximate surface area is 115 Å². The van der Waals surface area contributed by atoms with Gasteiger partial charge in [-0.3, -0.25) is 0 Å². The summed E-state index contributed by atoms with van der Waals surface area (Å²) in [7, 11) is 0. The second-order valence-electron chi connectivity index (χ2n) is 4.64. The summed E-state index contributed by atoms with van der Waals surface area (Å²) < 4.78 is 24.6. The Morgan fingerprint density at radius 3 is 2.55 bits per heavy atom. The summed E-state index contributed by atoms with van der Waals surface area (Å²) in [5.74, 6) is -0.392. The molecular weight excluding hydrogens is 261 g/mol. The Hall–Kier alpha value is -1.98. The quantitative estimate of drug-likeness (QED) is 0.913. The fourth-order valence-corrected chi connectivity index (χ4v) is 2.42. The van der Waals surface area contributed by atoms with Crippen LogP contribution in [0.1, 0.15) is 11.1 Å². The van der Waals surface area contributed by atoms with Crippen molar-refractivity contribution in [3.8, 4) is 5.88 Å². The summed E-state index contributed by atoms with van der Waals surface area (Å²) in [5, 5.41) is 9.58. The molecule has 1 aliphatic rings. The third-order valence-corrected chi connectivity index (χ3v) is 3.40. The fourth-order valence-electron chi connectivity index (χ4n) is 2.42. The largest absolute Gasteiger partial charge is 0.493 e. The number of ether oxygens (including phenoxy) is 2. The highest BCUT2D eigenvalue weighted by Gasteiger charge is 2.38.